The molecule has 2 aromatic rings. The van der Waals surface area contributed by atoms with Gasteiger partial charge in [0.25, 0.3) is 5.69 Å². The highest BCUT2D eigenvalue weighted by Crippen LogP contribution is 2.28. The number of nitrogens with zero attached hydrogens (tertiary/aromatic N) is 2. The van der Waals surface area contributed by atoms with Crippen molar-refractivity contribution < 1.29 is 10.0 Å². The van der Waals surface area contributed by atoms with Crippen LogP contribution < -0.4 is 0 Å². The Morgan fingerprint density at radius 1 is 1.24 bits per heavy atom. The molecule has 0 heterocycles. The van der Waals surface area contributed by atoms with E-state index in [9.17, 15) is 15.2 Å². The molecule has 108 valence electrons. The summed E-state index contributed by atoms with van der Waals surface area (Å²) < 4.78 is 0.967. The van der Waals surface area contributed by atoms with Crippen LogP contribution in [0.15, 0.2) is 39.8 Å². The molecule has 6 heteroatoms. The highest BCUT2D eigenvalue weighted by molar-refractivity contribution is 9.10. The predicted octanol–water partition coefficient (Wildman–Crippen LogP) is 4.43. The van der Waals surface area contributed by atoms with Gasteiger partial charge in [0.15, 0.2) is 0 Å². The normalized spacial score (nSPS) is 11.0. The molecule has 0 saturated carbocycles. The van der Waals surface area contributed by atoms with Crippen LogP contribution in [0.2, 0.25) is 0 Å². The number of rotatable bonds is 3. The maximum atomic E-state index is 10.8. The first-order chi connectivity index (χ1) is 9.88. The Morgan fingerprint density at radius 3 is 2.43 bits per heavy atom. The van der Waals surface area contributed by atoms with Crippen molar-refractivity contribution in [1.29, 1.82) is 0 Å². The predicted molar refractivity (Wildman–Crippen MR) is 85.6 cm³/mol. The summed E-state index contributed by atoms with van der Waals surface area (Å²) in [5.41, 5.74) is 2.96. The number of aliphatic imine (C=N–C) groups is 1. The molecule has 0 aromatic heterocycles. The lowest BCUT2D eigenvalue weighted by molar-refractivity contribution is -0.384. The molecule has 0 aliphatic rings. The van der Waals surface area contributed by atoms with Gasteiger partial charge in [-0.25, -0.2) is 0 Å². The fourth-order valence-electron chi connectivity index (χ4n) is 2.00. The molecule has 0 bridgehead atoms. The highest BCUT2D eigenvalue weighted by Gasteiger charge is 2.09. The van der Waals surface area contributed by atoms with Crippen LogP contribution in [0.3, 0.4) is 0 Å². The number of hydrogen-bond acceptors (Lipinski definition) is 4. The average molecular weight is 349 g/mol. The smallest absolute Gasteiger partial charge is 0.270 e. The third kappa shape index (κ3) is 3.46. The van der Waals surface area contributed by atoms with Crippen molar-refractivity contribution in [3.8, 4) is 5.75 Å². The van der Waals surface area contributed by atoms with Gasteiger partial charge in [-0.15, -0.1) is 0 Å². The monoisotopic (exact) mass is 348 g/mol. The van der Waals surface area contributed by atoms with E-state index in [1.165, 1.54) is 24.4 Å². The van der Waals surface area contributed by atoms with Gasteiger partial charge in [0.05, 0.1) is 10.6 Å². The average Bonchev–Trinajstić information content (AvgIpc) is 2.39. The van der Waals surface area contributed by atoms with Gasteiger partial charge in [0, 0.05) is 28.4 Å². The Kier molecular flexibility index (Phi) is 4.37. The van der Waals surface area contributed by atoms with Crippen LogP contribution in [0.4, 0.5) is 11.4 Å². The fourth-order valence-corrected chi connectivity index (χ4v) is 2.69. The van der Waals surface area contributed by atoms with E-state index in [2.05, 4.69) is 20.9 Å². The van der Waals surface area contributed by atoms with Gasteiger partial charge in [-0.05, 0) is 43.2 Å². The van der Waals surface area contributed by atoms with Crippen molar-refractivity contribution in [1.82, 2.24) is 0 Å². The van der Waals surface area contributed by atoms with E-state index in [1.54, 1.807) is 0 Å². The summed E-state index contributed by atoms with van der Waals surface area (Å²) in [5, 5.41) is 20.5. The number of phenols is 1. The molecule has 0 aliphatic carbocycles. The molecule has 0 aliphatic heterocycles. The van der Waals surface area contributed by atoms with Crippen molar-refractivity contribution in [3.63, 3.8) is 0 Å². The Bertz CT molecular complexity index is 719. The third-order valence-electron chi connectivity index (χ3n) is 3.01. The molecular formula is C15H13BrN2O3. The van der Waals surface area contributed by atoms with Crippen LogP contribution in [0, 0.1) is 24.0 Å². The van der Waals surface area contributed by atoms with Crippen LogP contribution in [0.1, 0.15) is 16.7 Å². The maximum absolute atomic E-state index is 10.8. The van der Waals surface area contributed by atoms with Crippen molar-refractivity contribution in [3.05, 3.63) is 61.6 Å². The second-order valence-corrected chi connectivity index (χ2v) is 5.56. The number of phenolic OH excluding ortho intramolecular Hbond substituents is 1. The van der Waals surface area contributed by atoms with Crippen molar-refractivity contribution in [2.45, 2.75) is 13.8 Å². The van der Waals surface area contributed by atoms with E-state index in [-0.39, 0.29) is 11.4 Å². The number of aryl methyl sites for hydroxylation is 2. The van der Waals surface area contributed by atoms with Gasteiger partial charge in [-0.1, -0.05) is 15.9 Å². The zero-order valence-corrected chi connectivity index (χ0v) is 13.1. The summed E-state index contributed by atoms with van der Waals surface area (Å²) in [5.74, 6) is -0.0447. The van der Waals surface area contributed by atoms with E-state index in [4.69, 9.17) is 0 Å². The summed E-state index contributed by atoms with van der Waals surface area (Å²) >= 11 is 3.41. The van der Waals surface area contributed by atoms with E-state index in [1.807, 2.05) is 26.0 Å². The topological polar surface area (TPSA) is 75.7 Å². The lowest BCUT2D eigenvalue weighted by atomic mass is 10.1. The van der Waals surface area contributed by atoms with Crippen molar-refractivity contribution in [2.24, 2.45) is 4.99 Å². The highest BCUT2D eigenvalue weighted by atomic mass is 79.9. The maximum Gasteiger partial charge on any atom is 0.270 e. The molecule has 21 heavy (non-hydrogen) atoms. The largest absolute Gasteiger partial charge is 0.507 e. The molecule has 2 aromatic carbocycles. The Morgan fingerprint density at radius 2 is 1.86 bits per heavy atom. The SMILES string of the molecule is Cc1cc(Br)cc(C)c1N=Cc1cc([N+](=O)[O-])ccc1O. The van der Waals surface area contributed by atoms with Crippen molar-refractivity contribution in [2.75, 3.05) is 0 Å². The molecule has 0 radical (unpaired) electrons. The van der Waals surface area contributed by atoms with Gasteiger partial charge in [0.2, 0.25) is 0 Å². The number of non-ortho nitro benzene ring substituents is 1. The Labute approximate surface area is 130 Å². The van der Waals surface area contributed by atoms with E-state index in [0.717, 1.165) is 21.3 Å². The molecule has 0 atom stereocenters. The molecule has 2 rings (SSSR count). The Balaban J connectivity index is 2.42. The van der Waals surface area contributed by atoms with Gasteiger partial charge in [-0.3, -0.25) is 15.1 Å². The molecule has 0 spiro atoms. The minimum absolute atomic E-state index is 0.0447. The summed E-state index contributed by atoms with van der Waals surface area (Å²) in [6.45, 7) is 3.86. The molecule has 0 amide bonds. The number of aromatic hydroxyl groups is 1. The van der Waals surface area contributed by atoms with Crippen LogP contribution in [0.25, 0.3) is 0 Å². The molecular weight excluding hydrogens is 336 g/mol. The summed E-state index contributed by atoms with van der Waals surface area (Å²) in [6, 6.07) is 7.71. The van der Waals surface area contributed by atoms with Crippen molar-refractivity contribution >= 4 is 33.5 Å². The number of halogens is 1. The molecule has 0 saturated heterocycles. The van der Waals surface area contributed by atoms with Crippen LogP contribution in [0.5, 0.6) is 5.75 Å². The number of nitro benzene ring substituents is 1. The molecule has 0 fully saturated rings. The van der Waals surface area contributed by atoms with Crippen LogP contribution in [-0.4, -0.2) is 16.2 Å². The molecule has 0 unspecified atom stereocenters. The molecule has 1 N–H and O–H groups in total. The zero-order valence-electron chi connectivity index (χ0n) is 11.5. The lowest BCUT2D eigenvalue weighted by Crippen LogP contribution is -1.91. The third-order valence-corrected chi connectivity index (χ3v) is 3.47. The standard InChI is InChI=1S/C15H13BrN2O3/c1-9-5-12(16)6-10(2)15(9)17-8-11-7-13(18(20)21)3-4-14(11)19/h3-8,19H,1-2H3. The lowest BCUT2D eigenvalue weighted by Gasteiger charge is -2.06. The minimum atomic E-state index is -0.507. The van der Waals surface area contributed by atoms with Gasteiger partial charge >= 0.3 is 0 Å². The zero-order chi connectivity index (χ0) is 15.6. The second-order valence-electron chi connectivity index (χ2n) is 4.65. The van der Waals surface area contributed by atoms with Gasteiger partial charge in [0.1, 0.15) is 5.75 Å². The number of hydrogen-bond donors (Lipinski definition) is 1. The fraction of sp³-hybridized carbons (Fsp3) is 0.133. The summed E-state index contributed by atoms with van der Waals surface area (Å²) in [6.07, 6.45) is 1.44. The van der Waals surface area contributed by atoms with E-state index >= 15 is 0 Å². The number of nitro groups is 1. The van der Waals surface area contributed by atoms with Gasteiger partial charge < -0.3 is 5.11 Å². The van der Waals surface area contributed by atoms with Crippen LogP contribution in [-0.2, 0) is 0 Å². The number of benzene rings is 2. The van der Waals surface area contributed by atoms with Crippen LogP contribution >= 0.6 is 15.9 Å². The van der Waals surface area contributed by atoms with E-state index in [0.29, 0.717) is 5.56 Å². The first-order valence-corrected chi connectivity index (χ1v) is 6.96. The summed E-state index contributed by atoms with van der Waals surface area (Å²) in [4.78, 5) is 14.6. The Hall–Kier alpha value is -2.21. The second kappa shape index (κ2) is 6.05. The first kappa shape index (κ1) is 15.2. The van der Waals surface area contributed by atoms with E-state index < -0.39 is 4.92 Å². The first-order valence-electron chi connectivity index (χ1n) is 6.16. The summed E-state index contributed by atoms with van der Waals surface area (Å²) in [7, 11) is 0. The quantitative estimate of drug-likeness (QED) is 0.506. The molecule has 5 nitrogen and oxygen atoms in total. The van der Waals surface area contributed by atoms with Gasteiger partial charge in [-0.2, -0.15) is 0 Å². The minimum Gasteiger partial charge on any atom is -0.507 e.